The Morgan fingerprint density at radius 2 is 1.89 bits per heavy atom. The third-order valence-electron chi connectivity index (χ3n) is 3.25. The maximum atomic E-state index is 4.15. The first kappa shape index (κ1) is 13.7. The Hall–Kier alpha value is -1.75. The topological polar surface area (TPSA) is 55.6 Å². The standard InChI is InChI=1S/C14H21N5/c1-10(15-5)13-16-17-18-19(13)12-9-7-6-8-11(12)14(2,3)4/h6-10,15H,1-5H3. The van der Waals surface area contributed by atoms with Crippen molar-refractivity contribution in [2.45, 2.75) is 39.2 Å². The average molecular weight is 259 g/mol. The average Bonchev–Trinajstić information content (AvgIpc) is 2.86. The fourth-order valence-electron chi connectivity index (χ4n) is 2.06. The maximum absolute atomic E-state index is 4.15. The van der Waals surface area contributed by atoms with Gasteiger partial charge < -0.3 is 5.32 Å². The first-order valence-electron chi connectivity index (χ1n) is 6.50. The van der Waals surface area contributed by atoms with Crippen LogP contribution in [0.5, 0.6) is 0 Å². The fourth-order valence-corrected chi connectivity index (χ4v) is 2.06. The molecular formula is C14H21N5. The Morgan fingerprint density at radius 3 is 2.53 bits per heavy atom. The predicted octanol–water partition coefficient (Wildman–Crippen LogP) is 2.24. The molecule has 1 N–H and O–H groups in total. The maximum Gasteiger partial charge on any atom is 0.173 e. The highest BCUT2D eigenvalue weighted by Crippen LogP contribution is 2.28. The van der Waals surface area contributed by atoms with Gasteiger partial charge in [0.15, 0.2) is 5.82 Å². The van der Waals surface area contributed by atoms with Gasteiger partial charge in [0.1, 0.15) is 0 Å². The second kappa shape index (κ2) is 5.09. The summed E-state index contributed by atoms with van der Waals surface area (Å²) >= 11 is 0. The summed E-state index contributed by atoms with van der Waals surface area (Å²) in [4.78, 5) is 0. The smallest absolute Gasteiger partial charge is 0.173 e. The number of benzene rings is 1. The van der Waals surface area contributed by atoms with E-state index in [0.717, 1.165) is 11.5 Å². The number of aromatic nitrogens is 4. The summed E-state index contributed by atoms with van der Waals surface area (Å²) in [6, 6.07) is 8.35. The van der Waals surface area contributed by atoms with E-state index in [-0.39, 0.29) is 11.5 Å². The summed E-state index contributed by atoms with van der Waals surface area (Å²) in [5.74, 6) is 0.819. The lowest BCUT2D eigenvalue weighted by atomic mass is 9.86. The zero-order valence-electron chi connectivity index (χ0n) is 12.2. The highest BCUT2D eigenvalue weighted by atomic mass is 15.5. The molecule has 0 bridgehead atoms. The molecule has 0 spiro atoms. The zero-order valence-corrected chi connectivity index (χ0v) is 12.2. The second-order valence-electron chi connectivity index (χ2n) is 5.73. The van der Waals surface area contributed by atoms with Crippen molar-refractivity contribution in [1.29, 1.82) is 0 Å². The van der Waals surface area contributed by atoms with Crippen LogP contribution in [0.25, 0.3) is 5.69 Å². The monoisotopic (exact) mass is 259 g/mol. The van der Waals surface area contributed by atoms with Crippen LogP contribution in [0.3, 0.4) is 0 Å². The molecule has 1 unspecified atom stereocenters. The number of nitrogens with zero attached hydrogens (tertiary/aromatic N) is 4. The minimum absolute atomic E-state index is 0.0443. The molecule has 1 atom stereocenters. The molecule has 2 aromatic rings. The molecule has 0 aliphatic heterocycles. The fraction of sp³-hybridized carbons (Fsp3) is 0.500. The van der Waals surface area contributed by atoms with Gasteiger partial charge in [-0.25, -0.2) is 0 Å². The lowest BCUT2D eigenvalue weighted by Gasteiger charge is -2.23. The van der Waals surface area contributed by atoms with Crippen LogP contribution in [-0.4, -0.2) is 27.3 Å². The van der Waals surface area contributed by atoms with Crippen molar-refractivity contribution in [3.63, 3.8) is 0 Å². The molecule has 19 heavy (non-hydrogen) atoms. The summed E-state index contributed by atoms with van der Waals surface area (Å²) in [6.07, 6.45) is 0. The number of hydrogen-bond donors (Lipinski definition) is 1. The van der Waals surface area contributed by atoms with Crippen molar-refractivity contribution in [3.8, 4) is 5.69 Å². The van der Waals surface area contributed by atoms with Crippen molar-refractivity contribution < 1.29 is 0 Å². The van der Waals surface area contributed by atoms with E-state index in [1.807, 2.05) is 24.7 Å². The van der Waals surface area contributed by atoms with E-state index in [2.05, 4.69) is 59.8 Å². The first-order valence-corrected chi connectivity index (χ1v) is 6.50. The summed E-state index contributed by atoms with van der Waals surface area (Å²) in [7, 11) is 1.90. The van der Waals surface area contributed by atoms with Gasteiger partial charge >= 0.3 is 0 Å². The number of nitrogens with one attached hydrogen (secondary N) is 1. The number of para-hydroxylation sites is 1. The molecule has 102 valence electrons. The van der Waals surface area contributed by atoms with E-state index >= 15 is 0 Å². The van der Waals surface area contributed by atoms with Crippen LogP contribution >= 0.6 is 0 Å². The van der Waals surface area contributed by atoms with Crippen LogP contribution in [0.2, 0.25) is 0 Å². The Kier molecular flexibility index (Phi) is 3.66. The summed E-state index contributed by atoms with van der Waals surface area (Å²) in [5.41, 5.74) is 2.31. The number of rotatable bonds is 3. The van der Waals surface area contributed by atoms with Gasteiger partial charge in [0.25, 0.3) is 0 Å². The van der Waals surface area contributed by atoms with Gasteiger partial charge in [-0.1, -0.05) is 39.0 Å². The molecule has 0 radical (unpaired) electrons. The molecule has 0 fully saturated rings. The van der Waals surface area contributed by atoms with E-state index in [0.29, 0.717) is 0 Å². The number of tetrazole rings is 1. The Labute approximate surface area is 114 Å². The van der Waals surface area contributed by atoms with Crippen LogP contribution in [0.15, 0.2) is 24.3 Å². The van der Waals surface area contributed by atoms with Crippen molar-refractivity contribution in [2.24, 2.45) is 0 Å². The van der Waals surface area contributed by atoms with Gasteiger partial charge in [-0.15, -0.1) is 5.10 Å². The molecule has 0 aliphatic rings. The van der Waals surface area contributed by atoms with Crippen molar-refractivity contribution >= 4 is 0 Å². The predicted molar refractivity (Wildman–Crippen MR) is 75.3 cm³/mol. The quantitative estimate of drug-likeness (QED) is 0.918. The molecule has 1 aromatic heterocycles. The third kappa shape index (κ3) is 2.66. The largest absolute Gasteiger partial charge is 0.311 e. The molecule has 0 saturated heterocycles. The minimum atomic E-state index is 0.0443. The molecule has 5 nitrogen and oxygen atoms in total. The Bertz CT molecular complexity index is 553. The molecule has 0 aliphatic carbocycles. The minimum Gasteiger partial charge on any atom is -0.311 e. The van der Waals surface area contributed by atoms with Crippen LogP contribution in [0.1, 0.15) is 45.1 Å². The lowest BCUT2D eigenvalue weighted by molar-refractivity contribution is 0.563. The van der Waals surface area contributed by atoms with E-state index < -0.39 is 0 Å². The van der Waals surface area contributed by atoms with Crippen molar-refractivity contribution in [3.05, 3.63) is 35.7 Å². The van der Waals surface area contributed by atoms with Gasteiger partial charge in [0, 0.05) is 0 Å². The molecule has 1 heterocycles. The van der Waals surface area contributed by atoms with Crippen LogP contribution in [0.4, 0.5) is 0 Å². The normalized spacial score (nSPS) is 13.5. The molecule has 0 saturated carbocycles. The van der Waals surface area contributed by atoms with E-state index in [4.69, 9.17) is 0 Å². The highest BCUT2D eigenvalue weighted by molar-refractivity contribution is 5.44. The van der Waals surface area contributed by atoms with Crippen molar-refractivity contribution in [2.75, 3.05) is 7.05 Å². The van der Waals surface area contributed by atoms with E-state index in [1.165, 1.54) is 5.56 Å². The first-order chi connectivity index (χ1) is 8.95. The zero-order chi connectivity index (χ0) is 14.0. The van der Waals surface area contributed by atoms with Gasteiger partial charge in [-0.2, -0.15) is 4.68 Å². The van der Waals surface area contributed by atoms with Crippen LogP contribution in [-0.2, 0) is 5.41 Å². The summed E-state index contributed by atoms with van der Waals surface area (Å²) in [5, 5.41) is 15.3. The SMILES string of the molecule is CNC(C)c1nnnn1-c1ccccc1C(C)(C)C. The summed E-state index contributed by atoms with van der Waals surface area (Å²) < 4.78 is 1.82. The Morgan fingerprint density at radius 1 is 1.21 bits per heavy atom. The molecule has 1 aromatic carbocycles. The van der Waals surface area contributed by atoms with Gasteiger partial charge in [0.05, 0.1) is 11.7 Å². The van der Waals surface area contributed by atoms with Crippen LogP contribution in [0, 0.1) is 0 Å². The molecule has 0 amide bonds. The van der Waals surface area contributed by atoms with E-state index in [9.17, 15) is 0 Å². The molecule has 5 heteroatoms. The van der Waals surface area contributed by atoms with Gasteiger partial charge in [0.2, 0.25) is 0 Å². The van der Waals surface area contributed by atoms with Crippen molar-refractivity contribution in [1.82, 2.24) is 25.5 Å². The highest BCUT2D eigenvalue weighted by Gasteiger charge is 2.22. The van der Waals surface area contributed by atoms with Gasteiger partial charge in [-0.3, -0.25) is 0 Å². The molecular weight excluding hydrogens is 238 g/mol. The third-order valence-corrected chi connectivity index (χ3v) is 3.25. The summed E-state index contributed by atoms with van der Waals surface area (Å²) in [6.45, 7) is 8.62. The lowest BCUT2D eigenvalue weighted by Crippen LogP contribution is -2.21. The number of hydrogen-bond acceptors (Lipinski definition) is 4. The molecule has 2 rings (SSSR count). The van der Waals surface area contributed by atoms with Gasteiger partial charge in [-0.05, 0) is 41.4 Å². The van der Waals surface area contributed by atoms with Crippen LogP contribution < -0.4 is 5.32 Å². The van der Waals surface area contributed by atoms with E-state index in [1.54, 1.807) is 0 Å². The Balaban J connectivity index is 2.57. The second-order valence-corrected chi connectivity index (χ2v) is 5.73.